The first-order valence-corrected chi connectivity index (χ1v) is 6.84. The molecule has 0 radical (unpaired) electrons. The molecule has 0 amide bonds. The van der Waals surface area contributed by atoms with Crippen LogP contribution in [0.1, 0.15) is 18.2 Å². The number of hydrogen-bond donors (Lipinski definition) is 2. The molecule has 0 aromatic carbocycles. The van der Waals surface area contributed by atoms with Crippen molar-refractivity contribution in [1.82, 2.24) is 0 Å². The van der Waals surface area contributed by atoms with Crippen molar-refractivity contribution in [3.8, 4) is 6.07 Å². The van der Waals surface area contributed by atoms with E-state index >= 15 is 0 Å². The highest BCUT2D eigenvalue weighted by Gasteiger charge is 2.33. The molecule has 2 rings (SSSR count). The molecular formula is C10H13N3S2. The Morgan fingerprint density at radius 3 is 2.80 bits per heavy atom. The number of hydrogen-bond acceptors (Lipinski definition) is 5. The van der Waals surface area contributed by atoms with Crippen LogP contribution in [-0.4, -0.2) is 12.3 Å². The van der Waals surface area contributed by atoms with Gasteiger partial charge in [0.25, 0.3) is 0 Å². The van der Waals surface area contributed by atoms with Crippen LogP contribution in [0.3, 0.4) is 0 Å². The molecule has 80 valence electrons. The van der Waals surface area contributed by atoms with Crippen LogP contribution in [0.25, 0.3) is 0 Å². The molecular weight excluding hydrogens is 226 g/mol. The Bertz CT molecular complexity index is 419. The van der Waals surface area contributed by atoms with Crippen molar-refractivity contribution in [3.63, 3.8) is 0 Å². The quantitative estimate of drug-likeness (QED) is 0.796. The summed E-state index contributed by atoms with van der Waals surface area (Å²) in [6.45, 7) is 2.22. The summed E-state index contributed by atoms with van der Waals surface area (Å²) in [5.41, 5.74) is 6.51. The second kappa shape index (κ2) is 3.95. The molecule has 1 saturated carbocycles. The Kier molecular flexibility index (Phi) is 2.81. The number of anilines is 2. The van der Waals surface area contributed by atoms with Crippen molar-refractivity contribution >= 4 is 33.8 Å². The molecule has 1 heterocycles. The number of thioether (sulfide) groups is 1. The lowest BCUT2D eigenvalue weighted by atomic mass is 10.4. The van der Waals surface area contributed by atoms with Gasteiger partial charge >= 0.3 is 0 Å². The van der Waals surface area contributed by atoms with E-state index in [0.29, 0.717) is 16.6 Å². The first-order chi connectivity index (χ1) is 7.17. The van der Waals surface area contributed by atoms with E-state index in [1.807, 2.05) is 6.26 Å². The Morgan fingerprint density at radius 2 is 2.33 bits per heavy atom. The van der Waals surface area contributed by atoms with Crippen LogP contribution in [0.15, 0.2) is 4.90 Å². The van der Waals surface area contributed by atoms with Gasteiger partial charge in [-0.1, -0.05) is 6.92 Å². The molecule has 3 N–H and O–H groups in total. The molecule has 1 aromatic rings. The van der Waals surface area contributed by atoms with Crippen LogP contribution in [-0.2, 0) is 0 Å². The zero-order chi connectivity index (χ0) is 11.0. The van der Waals surface area contributed by atoms with Gasteiger partial charge in [0, 0.05) is 6.04 Å². The van der Waals surface area contributed by atoms with Gasteiger partial charge in [0.15, 0.2) is 0 Å². The topological polar surface area (TPSA) is 61.8 Å². The van der Waals surface area contributed by atoms with Gasteiger partial charge in [0.2, 0.25) is 0 Å². The Morgan fingerprint density at radius 1 is 1.67 bits per heavy atom. The molecule has 2 unspecified atom stereocenters. The second-order valence-electron chi connectivity index (χ2n) is 3.78. The fourth-order valence-electron chi connectivity index (χ4n) is 1.50. The van der Waals surface area contributed by atoms with Crippen molar-refractivity contribution < 1.29 is 0 Å². The number of nitriles is 1. The summed E-state index contributed by atoms with van der Waals surface area (Å²) in [7, 11) is 0. The van der Waals surface area contributed by atoms with Crippen LogP contribution in [0.5, 0.6) is 0 Å². The van der Waals surface area contributed by atoms with Gasteiger partial charge in [0.1, 0.15) is 15.9 Å². The molecule has 0 aliphatic heterocycles. The van der Waals surface area contributed by atoms with Gasteiger partial charge in [-0.25, -0.2) is 0 Å². The van der Waals surface area contributed by atoms with Crippen molar-refractivity contribution in [2.75, 3.05) is 17.3 Å². The number of nitrogens with one attached hydrogen (secondary N) is 1. The maximum absolute atomic E-state index is 8.90. The lowest BCUT2D eigenvalue weighted by Gasteiger charge is -2.04. The van der Waals surface area contributed by atoms with Gasteiger partial charge in [-0.3, -0.25) is 0 Å². The minimum atomic E-state index is 0.570. The lowest BCUT2D eigenvalue weighted by molar-refractivity contribution is 0.930. The summed E-state index contributed by atoms with van der Waals surface area (Å²) in [5, 5.41) is 13.4. The number of nitrogens with two attached hydrogens (primary N) is 1. The van der Waals surface area contributed by atoms with Gasteiger partial charge in [0.05, 0.1) is 10.6 Å². The van der Waals surface area contributed by atoms with E-state index in [9.17, 15) is 0 Å². The molecule has 15 heavy (non-hydrogen) atoms. The molecule has 0 saturated heterocycles. The number of nitrogen functional groups attached to an aromatic ring is 1. The van der Waals surface area contributed by atoms with E-state index in [1.54, 1.807) is 11.8 Å². The monoisotopic (exact) mass is 239 g/mol. The minimum Gasteiger partial charge on any atom is -0.396 e. The number of nitrogens with zero attached hydrogens (tertiary/aromatic N) is 1. The molecule has 0 spiro atoms. The van der Waals surface area contributed by atoms with Crippen LogP contribution in [0.2, 0.25) is 0 Å². The van der Waals surface area contributed by atoms with Crippen LogP contribution >= 0.6 is 23.1 Å². The van der Waals surface area contributed by atoms with Gasteiger partial charge < -0.3 is 11.1 Å². The molecule has 5 heteroatoms. The first-order valence-electron chi connectivity index (χ1n) is 4.80. The minimum absolute atomic E-state index is 0.570. The van der Waals surface area contributed by atoms with E-state index in [0.717, 1.165) is 15.8 Å². The summed E-state index contributed by atoms with van der Waals surface area (Å²) >= 11 is 3.06. The highest BCUT2D eigenvalue weighted by Crippen LogP contribution is 2.44. The fraction of sp³-hybridized carbons (Fsp3) is 0.500. The highest BCUT2D eigenvalue weighted by molar-refractivity contribution is 7.99. The fourth-order valence-corrected chi connectivity index (χ4v) is 3.38. The maximum atomic E-state index is 8.90. The van der Waals surface area contributed by atoms with E-state index < -0.39 is 0 Å². The van der Waals surface area contributed by atoms with E-state index in [2.05, 4.69) is 18.3 Å². The van der Waals surface area contributed by atoms with Gasteiger partial charge in [-0.05, 0) is 18.6 Å². The molecule has 0 bridgehead atoms. The van der Waals surface area contributed by atoms with E-state index in [-0.39, 0.29) is 0 Å². The maximum Gasteiger partial charge on any atom is 0.131 e. The van der Waals surface area contributed by atoms with Crippen molar-refractivity contribution in [3.05, 3.63) is 4.88 Å². The lowest BCUT2D eigenvalue weighted by Crippen LogP contribution is -2.02. The average molecular weight is 239 g/mol. The Labute approximate surface area is 97.7 Å². The second-order valence-corrected chi connectivity index (χ2v) is 5.62. The number of rotatable bonds is 3. The predicted octanol–water partition coefficient (Wildman–Crippen LogP) is 2.74. The SMILES string of the molecule is CSc1c(NC2CC2C)sc(C#N)c1N. The zero-order valence-corrected chi connectivity index (χ0v) is 10.3. The van der Waals surface area contributed by atoms with Crippen molar-refractivity contribution in [1.29, 1.82) is 5.26 Å². The van der Waals surface area contributed by atoms with Gasteiger partial charge in [-0.15, -0.1) is 23.1 Å². The summed E-state index contributed by atoms with van der Waals surface area (Å²) in [6, 6.07) is 2.71. The molecule has 1 fully saturated rings. The Hall–Kier alpha value is -0.860. The third-order valence-electron chi connectivity index (χ3n) is 2.63. The third kappa shape index (κ3) is 1.92. The largest absolute Gasteiger partial charge is 0.396 e. The summed E-state index contributed by atoms with van der Waals surface area (Å²) < 4.78 is 0. The predicted molar refractivity (Wildman–Crippen MR) is 66.4 cm³/mol. The smallest absolute Gasteiger partial charge is 0.131 e. The number of thiophene rings is 1. The standard InChI is InChI=1S/C10H13N3S2/c1-5-3-6(5)13-10-9(14-2)8(12)7(4-11)15-10/h5-6,13H,3,12H2,1-2H3. The highest BCUT2D eigenvalue weighted by atomic mass is 32.2. The van der Waals surface area contributed by atoms with E-state index in [1.165, 1.54) is 17.8 Å². The molecule has 1 aliphatic carbocycles. The molecule has 3 nitrogen and oxygen atoms in total. The zero-order valence-electron chi connectivity index (χ0n) is 8.70. The first kappa shape index (κ1) is 10.7. The Balaban J connectivity index is 2.26. The van der Waals surface area contributed by atoms with Crippen molar-refractivity contribution in [2.24, 2.45) is 5.92 Å². The summed E-state index contributed by atoms with van der Waals surface area (Å²) in [4.78, 5) is 1.64. The van der Waals surface area contributed by atoms with Crippen LogP contribution in [0, 0.1) is 17.2 Å². The van der Waals surface area contributed by atoms with Crippen molar-refractivity contribution in [2.45, 2.75) is 24.3 Å². The van der Waals surface area contributed by atoms with E-state index in [4.69, 9.17) is 11.0 Å². The summed E-state index contributed by atoms with van der Waals surface area (Å²) in [5.74, 6) is 0.744. The molecule has 1 aromatic heterocycles. The normalized spacial score (nSPS) is 23.5. The average Bonchev–Trinajstić information content (AvgIpc) is 2.80. The third-order valence-corrected chi connectivity index (χ3v) is 4.63. The van der Waals surface area contributed by atoms with Crippen LogP contribution in [0.4, 0.5) is 10.7 Å². The van der Waals surface area contributed by atoms with Gasteiger partial charge in [-0.2, -0.15) is 5.26 Å². The summed E-state index contributed by atoms with van der Waals surface area (Å²) in [6.07, 6.45) is 3.20. The molecule has 1 aliphatic rings. The molecule has 2 atom stereocenters. The van der Waals surface area contributed by atoms with Crippen LogP contribution < -0.4 is 11.1 Å².